The number of amides is 1. The van der Waals surface area contributed by atoms with Crippen molar-refractivity contribution in [1.82, 2.24) is 5.32 Å². The van der Waals surface area contributed by atoms with Crippen molar-refractivity contribution in [2.24, 2.45) is 0 Å². The number of carbonyl (C=O) groups is 1. The number of rotatable bonds is 7. The lowest BCUT2D eigenvalue weighted by Gasteiger charge is -2.13. The number of hydrogen-bond donors (Lipinski definition) is 1. The Balaban J connectivity index is 2.39. The lowest BCUT2D eigenvalue weighted by Crippen LogP contribution is -2.33. The Morgan fingerprint density at radius 2 is 2.06 bits per heavy atom. The van der Waals surface area contributed by atoms with Crippen LogP contribution in [0.25, 0.3) is 0 Å². The molecular weight excluding hydrogens is 294 g/mol. The van der Waals surface area contributed by atoms with E-state index >= 15 is 0 Å². The van der Waals surface area contributed by atoms with Crippen molar-refractivity contribution >= 4 is 21.8 Å². The first kappa shape index (κ1) is 15.0. The van der Waals surface area contributed by atoms with Gasteiger partial charge in [0.2, 0.25) is 5.91 Å². The molecule has 0 heterocycles. The minimum atomic E-state index is 0.0715. The van der Waals surface area contributed by atoms with Crippen LogP contribution >= 0.6 is 15.9 Å². The molecule has 18 heavy (non-hydrogen) atoms. The number of nitrogens with one attached hydrogen (secondary N) is 1. The summed E-state index contributed by atoms with van der Waals surface area (Å²) >= 11 is 3.39. The van der Waals surface area contributed by atoms with Gasteiger partial charge in [0, 0.05) is 11.4 Å². The summed E-state index contributed by atoms with van der Waals surface area (Å²) in [6.07, 6.45) is 2.49. The minimum Gasteiger partial charge on any atom is -0.497 e. The molecule has 0 fully saturated rings. The van der Waals surface area contributed by atoms with Crippen molar-refractivity contribution in [1.29, 1.82) is 0 Å². The van der Waals surface area contributed by atoms with Crippen LogP contribution < -0.4 is 10.1 Å². The first-order chi connectivity index (χ1) is 8.65. The van der Waals surface area contributed by atoms with Crippen LogP contribution in [0.5, 0.6) is 5.75 Å². The van der Waals surface area contributed by atoms with Gasteiger partial charge in [0.15, 0.2) is 0 Å². The number of hydrogen-bond acceptors (Lipinski definition) is 2. The van der Waals surface area contributed by atoms with E-state index in [2.05, 4.69) is 21.2 Å². The predicted octanol–water partition coefficient (Wildman–Crippen LogP) is 2.92. The van der Waals surface area contributed by atoms with Crippen LogP contribution in [0.15, 0.2) is 24.3 Å². The van der Waals surface area contributed by atoms with E-state index in [1.54, 1.807) is 7.11 Å². The van der Waals surface area contributed by atoms with Gasteiger partial charge in [-0.2, -0.15) is 0 Å². The Morgan fingerprint density at radius 1 is 1.39 bits per heavy atom. The molecule has 0 aromatic heterocycles. The molecule has 0 aliphatic rings. The maximum atomic E-state index is 11.8. The van der Waals surface area contributed by atoms with E-state index in [4.69, 9.17) is 4.74 Å². The van der Waals surface area contributed by atoms with Crippen molar-refractivity contribution in [3.63, 3.8) is 0 Å². The van der Waals surface area contributed by atoms with Gasteiger partial charge in [-0.25, -0.2) is 0 Å². The Hall–Kier alpha value is -1.03. The van der Waals surface area contributed by atoms with Gasteiger partial charge in [-0.1, -0.05) is 28.1 Å². The number of methoxy groups -OCH3 is 1. The number of alkyl halides is 1. The van der Waals surface area contributed by atoms with Gasteiger partial charge in [0.1, 0.15) is 5.75 Å². The molecule has 1 amide bonds. The molecule has 0 radical (unpaired) electrons. The van der Waals surface area contributed by atoms with Crippen molar-refractivity contribution in [2.45, 2.75) is 32.2 Å². The zero-order valence-electron chi connectivity index (χ0n) is 10.9. The minimum absolute atomic E-state index is 0.0715. The van der Waals surface area contributed by atoms with Crippen molar-refractivity contribution in [3.8, 4) is 5.75 Å². The second-order valence-electron chi connectivity index (χ2n) is 4.32. The monoisotopic (exact) mass is 313 g/mol. The van der Waals surface area contributed by atoms with Gasteiger partial charge in [-0.05, 0) is 37.5 Å². The summed E-state index contributed by atoms with van der Waals surface area (Å²) in [6, 6.07) is 7.81. The Morgan fingerprint density at radius 3 is 2.61 bits per heavy atom. The largest absolute Gasteiger partial charge is 0.497 e. The number of carbonyl (C=O) groups excluding carboxylic acids is 1. The maximum absolute atomic E-state index is 11.8. The molecule has 4 heteroatoms. The fourth-order valence-electron chi connectivity index (χ4n) is 1.71. The van der Waals surface area contributed by atoms with Gasteiger partial charge < -0.3 is 10.1 Å². The molecule has 100 valence electrons. The highest BCUT2D eigenvalue weighted by Crippen LogP contribution is 2.11. The van der Waals surface area contributed by atoms with E-state index in [0.717, 1.165) is 29.5 Å². The van der Waals surface area contributed by atoms with Crippen LogP contribution in [-0.4, -0.2) is 24.4 Å². The molecule has 3 nitrogen and oxygen atoms in total. The van der Waals surface area contributed by atoms with Gasteiger partial charge in [-0.15, -0.1) is 0 Å². The Kier molecular flexibility index (Phi) is 6.80. The molecule has 1 aromatic rings. The highest BCUT2D eigenvalue weighted by molar-refractivity contribution is 9.09. The molecule has 0 spiro atoms. The van der Waals surface area contributed by atoms with Gasteiger partial charge >= 0.3 is 0 Å². The third-order valence-electron chi connectivity index (χ3n) is 2.70. The summed E-state index contributed by atoms with van der Waals surface area (Å²) < 4.78 is 5.08. The van der Waals surface area contributed by atoms with E-state index in [-0.39, 0.29) is 11.9 Å². The smallest absolute Gasteiger partial charge is 0.224 e. The third-order valence-corrected chi connectivity index (χ3v) is 3.26. The summed E-state index contributed by atoms with van der Waals surface area (Å²) in [5, 5.41) is 3.98. The number of ether oxygens (including phenoxy) is 1. The topological polar surface area (TPSA) is 38.3 Å². The quantitative estimate of drug-likeness (QED) is 0.786. The molecular formula is C14H20BrNO2. The SMILES string of the molecule is COc1ccc(CC(=O)NC(C)CCCBr)cc1. The van der Waals surface area contributed by atoms with Gasteiger partial charge in [-0.3, -0.25) is 4.79 Å². The highest BCUT2D eigenvalue weighted by Gasteiger charge is 2.07. The van der Waals surface area contributed by atoms with Crippen molar-refractivity contribution in [3.05, 3.63) is 29.8 Å². The molecule has 1 atom stereocenters. The van der Waals surface area contributed by atoms with Crippen LogP contribution in [0.2, 0.25) is 0 Å². The van der Waals surface area contributed by atoms with Crippen molar-refractivity contribution < 1.29 is 9.53 Å². The predicted molar refractivity (Wildman–Crippen MR) is 77.3 cm³/mol. The summed E-state index contributed by atoms with van der Waals surface area (Å²) in [5.41, 5.74) is 1.00. The molecule has 1 rings (SSSR count). The summed E-state index contributed by atoms with van der Waals surface area (Å²) in [4.78, 5) is 11.8. The average molecular weight is 314 g/mol. The Bertz CT molecular complexity index is 365. The third kappa shape index (κ3) is 5.54. The number of halogens is 1. The average Bonchev–Trinajstić information content (AvgIpc) is 2.37. The standard InChI is InChI=1S/C14H20BrNO2/c1-11(4-3-9-15)16-14(17)10-12-5-7-13(18-2)8-6-12/h5-8,11H,3-4,9-10H2,1-2H3,(H,16,17). The fraction of sp³-hybridized carbons (Fsp3) is 0.500. The molecule has 0 bridgehead atoms. The van der Waals surface area contributed by atoms with E-state index in [9.17, 15) is 4.79 Å². The molecule has 1 N–H and O–H groups in total. The Labute approximate surface area is 117 Å². The van der Waals surface area contributed by atoms with Gasteiger partial charge in [0.25, 0.3) is 0 Å². The van der Waals surface area contributed by atoms with Gasteiger partial charge in [0.05, 0.1) is 13.5 Å². The van der Waals surface area contributed by atoms with Crippen LogP contribution in [0, 0.1) is 0 Å². The van der Waals surface area contributed by atoms with Crippen LogP contribution in [-0.2, 0) is 11.2 Å². The molecule has 1 aromatic carbocycles. The molecule has 0 aliphatic heterocycles. The summed E-state index contributed by atoms with van der Waals surface area (Å²) in [7, 11) is 1.63. The second kappa shape index (κ2) is 8.14. The van der Waals surface area contributed by atoms with Crippen LogP contribution in [0.1, 0.15) is 25.3 Å². The first-order valence-corrected chi connectivity index (χ1v) is 7.26. The molecule has 1 unspecified atom stereocenters. The molecule has 0 saturated carbocycles. The summed E-state index contributed by atoms with van der Waals surface area (Å²) in [5.74, 6) is 0.882. The van der Waals surface area contributed by atoms with E-state index < -0.39 is 0 Å². The van der Waals surface area contributed by atoms with Crippen molar-refractivity contribution in [2.75, 3.05) is 12.4 Å². The fourth-order valence-corrected chi connectivity index (χ4v) is 2.03. The highest BCUT2D eigenvalue weighted by atomic mass is 79.9. The number of benzene rings is 1. The van der Waals surface area contributed by atoms with Crippen LogP contribution in [0.4, 0.5) is 0 Å². The lowest BCUT2D eigenvalue weighted by molar-refractivity contribution is -0.121. The van der Waals surface area contributed by atoms with E-state index in [0.29, 0.717) is 6.42 Å². The zero-order valence-corrected chi connectivity index (χ0v) is 12.5. The van der Waals surface area contributed by atoms with Crippen LogP contribution in [0.3, 0.4) is 0 Å². The molecule has 0 aliphatic carbocycles. The van der Waals surface area contributed by atoms with E-state index in [1.807, 2.05) is 31.2 Å². The first-order valence-electron chi connectivity index (χ1n) is 6.14. The normalized spacial score (nSPS) is 11.9. The lowest BCUT2D eigenvalue weighted by atomic mass is 10.1. The second-order valence-corrected chi connectivity index (χ2v) is 5.12. The summed E-state index contributed by atoms with van der Waals surface area (Å²) in [6.45, 7) is 2.04. The van der Waals surface area contributed by atoms with E-state index in [1.165, 1.54) is 0 Å². The molecule has 0 saturated heterocycles. The zero-order chi connectivity index (χ0) is 13.4. The maximum Gasteiger partial charge on any atom is 0.224 e.